The van der Waals surface area contributed by atoms with Crippen LogP contribution in [0.15, 0.2) is 120 Å². The molecule has 4 rings (SSSR count). The van der Waals surface area contributed by atoms with Crippen LogP contribution < -0.4 is 0 Å². The van der Waals surface area contributed by atoms with Crippen molar-refractivity contribution in [2.75, 3.05) is 0 Å². The molecule has 0 bridgehead atoms. The van der Waals surface area contributed by atoms with Crippen molar-refractivity contribution in [2.45, 2.75) is 43.5 Å². The summed E-state index contributed by atoms with van der Waals surface area (Å²) >= 11 is 1.82. The fourth-order valence-electron chi connectivity index (χ4n) is 3.73. The van der Waals surface area contributed by atoms with Gasteiger partial charge in [0.2, 0.25) is 0 Å². The number of rotatable bonds is 7. The van der Waals surface area contributed by atoms with Crippen LogP contribution in [0.25, 0.3) is 5.73 Å². The van der Waals surface area contributed by atoms with Gasteiger partial charge in [-0.05, 0) is 30.5 Å². The Morgan fingerprint density at radius 1 is 0.676 bits per heavy atom. The molecule has 0 unspecified atom stereocenters. The van der Waals surface area contributed by atoms with Gasteiger partial charge in [-0.25, -0.2) is 0 Å². The van der Waals surface area contributed by atoms with Crippen molar-refractivity contribution in [2.24, 2.45) is 0 Å². The summed E-state index contributed by atoms with van der Waals surface area (Å²) < 4.78 is 25.6. The molecule has 4 aromatic carbocycles. The van der Waals surface area contributed by atoms with Gasteiger partial charge >= 0.3 is 27.0 Å². The number of benzene rings is 4. The zero-order chi connectivity index (χ0) is 27.3. The largest absolute Gasteiger partial charge is 0.672 e. The van der Waals surface area contributed by atoms with Crippen LogP contribution in [-0.2, 0) is 27.1 Å². The normalized spacial score (nSPS) is 12.4. The molecule has 0 aliphatic carbocycles. The molecule has 195 valence electrons. The number of hydrogen-bond acceptors (Lipinski definition) is 2. The maximum absolute atomic E-state index is 12.8. The van der Waals surface area contributed by atoms with Crippen LogP contribution in [0.5, 0.6) is 0 Å². The summed E-state index contributed by atoms with van der Waals surface area (Å²) in [5.41, 5.74) is 13.0. The van der Waals surface area contributed by atoms with Crippen molar-refractivity contribution in [3.63, 3.8) is 0 Å². The van der Waals surface area contributed by atoms with E-state index in [1.54, 1.807) is 30.3 Å². The van der Waals surface area contributed by atoms with Crippen molar-refractivity contribution in [1.29, 1.82) is 0 Å². The van der Waals surface area contributed by atoms with Gasteiger partial charge in [0.25, 0.3) is 0 Å². The molecule has 0 saturated heterocycles. The van der Waals surface area contributed by atoms with E-state index < -0.39 is 21.8 Å². The molecule has 0 saturated carbocycles. The van der Waals surface area contributed by atoms with E-state index >= 15 is 0 Å². The molecule has 0 aromatic heterocycles. The Balaban J connectivity index is 0.000000336. The number of halogens is 1. The summed E-state index contributed by atoms with van der Waals surface area (Å²) in [5, 5.41) is 0. The van der Waals surface area contributed by atoms with Crippen LogP contribution in [0, 0.1) is 12.7 Å². The Hall–Kier alpha value is -2.30. The third-order valence-electron chi connectivity index (χ3n) is 5.84. The summed E-state index contributed by atoms with van der Waals surface area (Å²) in [5.74, 6) is 1.40. The van der Waals surface area contributed by atoms with E-state index in [1.807, 2.05) is 78.0 Å². The first-order chi connectivity index (χ1) is 17.8. The Kier molecular flexibility index (Phi) is 13.2. The van der Waals surface area contributed by atoms with Crippen LogP contribution in [0.1, 0.15) is 54.0 Å². The molecule has 0 radical (unpaired) electrons. The van der Waals surface area contributed by atoms with Gasteiger partial charge < -0.3 is 5.73 Å². The molecule has 0 fully saturated rings. The van der Waals surface area contributed by atoms with Crippen molar-refractivity contribution in [1.82, 2.24) is 0 Å². The zero-order valence-electron chi connectivity index (χ0n) is 21.2. The Bertz CT molecular complexity index is 1270. The van der Waals surface area contributed by atoms with Gasteiger partial charge in [-0.3, -0.25) is 8.42 Å². The summed E-state index contributed by atoms with van der Waals surface area (Å²) in [6, 6.07) is 35.0. The Labute approximate surface area is 236 Å². The molecular weight excluding hydrogens is 587 g/mol. The standard InChI is InChI=1S/C21H19NO2S.C10H14.ClH.Ru/c22-21(18-12-6-2-7-13-18)20(17-10-4-1-5-11-17)16-25(23,24)19-14-8-3-9-15-19;1-8(2)10-6-4-9(3)5-7-10;;/h1-16,20-22H;4-8H,1-3H3;1H;/q-2;;;+3/p-1/t20-,21-;;;/m1.../s1. The second-order valence-corrected chi connectivity index (χ2v) is 10.7. The number of sulfone groups is 1. The second-order valence-electron chi connectivity index (χ2n) is 8.88. The van der Waals surface area contributed by atoms with E-state index in [1.165, 1.54) is 16.9 Å². The smallest absolute Gasteiger partial charge is 0.0523 e. The average molecular weight is 620 g/mol. The molecule has 4 aromatic rings. The molecule has 6 heteroatoms. The first-order valence-electron chi connectivity index (χ1n) is 11.9. The van der Waals surface area contributed by atoms with E-state index in [0.29, 0.717) is 5.92 Å². The number of nitrogens with one attached hydrogen (secondary N) is 1. The van der Waals surface area contributed by atoms with Crippen LogP contribution >= 0.6 is 9.69 Å². The van der Waals surface area contributed by atoms with E-state index in [-0.39, 0.29) is 4.90 Å². The maximum atomic E-state index is 12.8. The summed E-state index contributed by atoms with van der Waals surface area (Å²) in [7, 11) is 0.963. The van der Waals surface area contributed by atoms with Crippen LogP contribution in [0.4, 0.5) is 0 Å². The summed E-state index contributed by atoms with van der Waals surface area (Å²) in [4.78, 5) is 0.246. The third-order valence-corrected chi connectivity index (χ3v) is 7.42. The predicted molar refractivity (Wildman–Crippen MR) is 152 cm³/mol. The summed E-state index contributed by atoms with van der Waals surface area (Å²) in [6.45, 7) is 6.54. The molecule has 0 amide bonds. The summed E-state index contributed by atoms with van der Waals surface area (Å²) in [6.07, 6.45) is 0. The minimum absolute atomic E-state index is 0.246. The van der Waals surface area contributed by atoms with Gasteiger partial charge in [0, 0.05) is 4.90 Å². The third kappa shape index (κ3) is 9.83. The van der Waals surface area contributed by atoms with Gasteiger partial charge in [-0.15, -0.1) is 12.0 Å². The van der Waals surface area contributed by atoms with Crippen molar-refractivity contribution in [3.05, 3.63) is 149 Å². The first-order valence-corrected chi connectivity index (χ1v) is 15.7. The van der Waals surface area contributed by atoms with E-state index in [4.69, 9.17) is 5.73 Å². The molecule has 37 heavy (non-hydrogen) atoms. The Morgan fingerprint density at radius 2 is 1.11 bits per heavy atom. The van der Waals surface area contributed by atoms with Gasteiger partial charge in [0.1, 0.15) is 0 Å². The van der Waals surface area contributed by atoms with E-state index in [0.717, 1.165) is 11.1 Å². The van der Waals surface area contributed by atoms with Gasteiger partial charge in [0.05, 0.1) is 9.84 Å². The average Bonchev–Trinajstić information content (AvgIpc) is 2.94. The van der Waals surface area contributed by atoms with Crippen LogP contribution in [-0.4, -0.2) is 8.42 Å². The minimum Gasteiger partial charge on any atom is -0.672 e. The topological polar surface area (TPSA) is 57.9 Å². The van der Waals surface area contributed by atoms with Gasteiger partial charge in [-0.2, -0.15) is 5.75 Å². The van der Waals surface area contributed by atoms with Crippen LogP contribution in [0.2, 0.25) is 0 Å². The SMILES string of the molecule is Cc1ccc(C(C)C)cc1.[Cl][Ru+2].[NH-][C@H](c1ccccc1)[C@H]([CH-]S(=O)(=O)c1ccccc1)c1ccccc1. The first kappa shape index (κ1) is 30.9. The molecule has 3 nitrogen and oxygen atoms in total. The van der Waals surface area contributed by atoms with Gasteiger partial charge in [0.15, 0.2) is 0 Å². The van der Waals surface area contributed by atoms with Crippen molar-refractivity contribution < 1.29 is 25.7 Å². The molecule has 0 aliphatic heterocycles. The number of aryl methyl sites for hydroxylation is 1. The van der Waals surface area contributed by atoms with Crippen LogP contribution in [0.3, 0.4) is 0 Å². The monoisotopic (exact) mass is 620 g/mol. The van der Waals surface area contributed by atoms with Crippen molar-refractivity contribution >= 4 is 19.5 Å². The maximum Gasteiger partial charge on any atom is 0.0523 e. The molecular formula is C31H33ClNO2RuS. The molecule has 0 spiro atoms. The molecule has 2 atom stereocenters. The Morgan fingerprint density at radius 3 is 1.57 bits per heavy atom. The predicted octanol–water partition coefficient (Wildman–Crippen LogP) is 9.00. The van der Waals surface area contributed by atoms with Crippen molar-refractivity contribution in [3.8, 4) is 0 Å². The molecule has 0 aliphatic rings. The zero-order valence-corrected chi connectivity index (χ0v) is 24.5. The quantitative estimate of drug-likeness (QED) is 0.153. The molecule has 1 N–H and O–H groups in total. The fourth-order valence-corrected chi connectivity index (χ4v) is 5.12. The molecule has 0 heterocycles. The van der Waals surface area contributed by atoms with E-state index in [9.17, 15) is 8.42 Å². The second kappa shape index (κ2) is 15.8. The van der Waals surface area contributed by atoms with Gasteiger partial charge in [-0.1, -0.05) is 134 Å². The fraction of sp³-hybridized carbons (Fsp3) is 0.194. The van der Waals surface area contributed by atoms with E-state index in [2.05, 4.69) is 54.7 Å². The number of hydrogen-bond donors (Lipinski definition) is 0. The minimum atomic E-state index is -3.61.